The van der Waals surface area contributed by atoms with E-state index in [0.29, 0.717) is 4.91 Å². The molecule has 0 unspecified atom stereocenters. The number of hydrogen-bond donors (Lipinski definition) is 2. The van der Waals surface area contributed by atoms with Gasteiger partial charge in [-0.05, 0) is 76.1 Å². The number of hydrogen-bond acceptors (Lipinski definition) is 4. The van der Waals surface area contributed by atoms with Crippen molar-refractivity contribution in [1.29, 1.82) is 0 Å². The second kappa shape index (κ2) is 25.5. The highest BCUT2D eigenvalue weighted by Crippen LogP contribution is 2.17. The van der Waals surface area contributed by atoms with E-state index >= 15 is 0 Å². The predicted molar refractivity (Wildman–Crippen MR) is 185 cm³/mol. The van der Waals surface area contributed by atoms with Crippen LogP contribution in [0.25, 0.3) is 0 Å². The molecule has 0 aliphatic carbocycles. The van der Waals surface area contributed by atoms with E-state index in [2.05, 4.69) is 117 Å². The summed E-state index contributed by atoms with van der Waals surface area (Å²) >= 11 is 0.233. The second-order valence-corrected chi connectivity index (χ2v) is 10.0. The average Bonchev–Trinajstić information content (AvgIpc) is 2.99. The van der Waals surface area contributed by atoms with Crippen LogP contribution in [0, 0.1) is 19.8 Å². The highest BCUT2D eigenvalue weighted by Gasteiger charge is 1.99. The summed E-state index contributed by atoms with van der Waals surface area (Å²) in [6.45, 7) is 23.7. The molecular weight excluding hydrogens is 525 g/mol. The Balaban J connectivity index is 0. The summed E-state index contributed by atoms with van der Waals surface area (Å²) < 4.78 is 11.9. The lowest BCUT2D eigenvalue weighted by molar-refractivity contribution is 0.746. The summed E-state index contributed by atoms with van der Waals surface area (Å²) in [5.41, 5.74) is 9.71. The Hall–Kier alpha value is -3.49. The van der Waals surface area contributed by atoms with Gasteiger partial charge in [0.15, 0.2) is 0 Å². The van der Waals surface area contributed by atoms with Gasteiger partial charge in [0.2, 0.25) is 0 Å². The van der Waals surface area contributed by atoms with E-state index in [4.69, 9.17) is 0 Å². The highest BCUT2D eigenvalue weighted by molar-refractivity contribution is 7.99. The van der Waals surface area contributed by atoms with Crippen molar-refractivity contribution >= 4 is 18.4 Å². The van der Waals surface area contributed by atoms with E-state index in [1.807, 2.05) is 27.7 Å². The zero-order chi connectivity index (χ0) is 31.6. The number of rotatable bonds is 13. The van der Waals surface area contributed by atoms with Crippen LogP contribution < -0.4 is 10.6 Å². The first-order valence-electron chi connectivity index (χ1n) is 14.0. The lowest BCUT2D eigenvalue weighted by Gasteiger charge is -2.11. The fourth-order valence-corrected chi connectivity index (χ4v) is 3.51. The molecule has 2 aromatic carbocycles. The molecule has 0 bridgehead atoms. The van der Waals surface area contributed by atoms with Crippen LogP contribution in [0.3, 0.4) is 0 Å². The first-order chi connectivity index (χ1) is 19.7. The first kappa shape index (κ1) is 39.7. The van der Waals surface area contributed by atoms with Crippen molar-refractivity contribution in [2.75, 3.05) is 7.05 Å². The Kier molecular flexibility index (Phi) is 24.6. The number of nitrogens with one attached hydrogen (secondary N) is 2. The molecule has 5 heteroatoms. The summed E-state index contributed by atoms with van der Waals surface area (Å²) in [5.74, 6) is 0. The summed E-state index contributed by atoms with van der Waals surface area (Å²) in [6, 6.07) is 17.3. The number of aliphatic imine (C=N–C) groups is 1. The molecule has 0 aliphatic heterocycles. The van der Waals surface area contributed by atoms with E-state index in [1.54, 1.807) is 7.05 Å². The molecule has 0 amide bonds. The van der Waals surface area contributed by atoms with Crippen molar-refractivity contribution in [1.82, 2.24) is 10.6 Å². The summed E-state index contributed by atoms with van der Waals surface area (Å²) in [6.07, 6.45) is 14.7. The molecule has 0 spiro atoms. The van der Waals surface area contributed by atoms with Gasteiger partial charge in [0.25, 0.3) is 0 Å². The van der Waals surface area contributed by atoms with Gasteiger partial charge in [-0.2, -0.15) is 3.89 Å². The molecule has 0 radical (unpaired) electrons. The average molecular weight is 578 g/mol. The van der Waals surface area contributed by atoms with E-state index < -0.39 is 0 Å². The van der Waals surface area contributed by atoms with Crippen LogP contribution in [0.2, 0.25) is 0 Å². The van der Waals surface area contributed by atoms with Crippen LogP contribution >= 0.6 is 12.1 Å². The standard InChI is InChI=1S/C26H34N2.C6H10FNS.C2H6.C2H2/c1-20(2)10-11-22(4)27-18-24-13-15-25(16-14-24)19-28-23(5)12-17-26-9-7-6-8-21(26)3;1-5(2)6(9-7)4-8-3;2*1-2/h6-9,12-16,27-28H,1,4,10-11,17-19H2,2-3,5H3;4H,1-3H3;1-2H3;1-2H/b23-12+;;;. The lowest BCUT2D eigenvalue weighted by atomic mass is 10.1. The third-order valence-corrected chi connectivity index (χ3v) is 6.38. The van der Waals surface area contributed by atoms with Crippen LogP contribution in [0.5, 0.6) is 0 Å². The monoisotopic (exact) mass is 577 g/mol. The van der Waals surface area contributed by atoms with E-state index in [-0.39, 0.29) is 12.1 Å². The minimum Gasteiger partial charge on any atom is -0.385 e. The molecule has 0 heterocycles. The summed E-state index contributed by atoms with van der Waals surface area (Å²) in [4.78, 5) is 4.28. The predicted octanol–water partition coefficient (Wildman–Crippen LogP) is 10.1. The van der Waals surface area contributed by atoms with Crippen molar-refractivity contribution in [3.63, 3.8) is 0 Å². The highest BCUT2D eigenvalue weighted by atomic mass is 32.2. The topological polar surface area (TPSA) is 36.4 Å². The van der Waals surface area contributed by atoms with E-state index in [0.717, 1.165) is 43.6 Å². The maximum absolute atomic E-state index is 11.9. The van der Waals surface area contributed by atoms with Gasteiger partial charge in [-0.15, -0.1) is 19.4 Å². The molecule has 3 nitrogen and oxygen atoms in total. The van der Waals surface area contributed by atoms with E-state index in [9.17, 15) is 3.89 Å². The zero-order valence-corrected chi connectivity index (χ0v) is 27.4. The zero-order valence-electron chi connectivity index (χ0n) is 26.6. The first-order valence-corrected chi connectivity index (χ1v) is 14.7. The van der Waals surface area contributed by atoms with E-state index in [1.165, 1.54) is 39.7 Å². The van der Waals surface area contributed by atoms with Crippen LogP contribution in [0.15, 0.2) is 100 Å². The number of aryl methyl sites for hydroxylation is 1. The van der Waals surface area contributed by atoms with Gasteiger partial charge in [-0.3, -0.25) is 4.99 Å². The summed E-state index contributed by atoms with van der Waals surface area (Å²) in [5, 5.41) is 6.91. The molecular formula is C36H52FN3S. The van der Waals surface area contributed by atoms with Gasteiger partial charge in [0.05, 0.1) is 17.1 Å². The van der Waals surface area contributed by atoms with Crippen LogP contribution in [0.4, 0.5) is 3.89 Å². The molecule has 0 aliphatic rings. The second-order valence-electron chi connectivity index (χ2n) is 9.43. The Bertz CT molecular complexity index is 1120. The molecule has 0 aromatic heterocycles. The number of benzene rings is 2. The molecule has 2 N–H and O–H groups in total. The number of nitrogens with zero attached hydrogens (tertiary/aromatic N) is 1. The number of allylic oxidation sites excluding steroid dienone is 6. The van der Waals surface area contributed by atoms with Crippen LogP contribution in [-0.4, -0.2) is 13.3 Å². The smallest absolute Gasteiger partial charge is 0.0827 e. The van der Waals surface area contributed by atoms with Gasteiger partial charge in [0.1, 0.15) is 0 Å². The summed E-state index contributed by atoms with van der Waals surface area (Å²) in [7, 11) is 1.62. The number of terminal acetylenes is 1. The fraction of sp³-hybridized carbons (Fsp3) is 0.361. The minimum atomic E-state index is 0.233. The third kappa shape index (κ3) is 20.1. The lowest BCUT2D eigenvalue weighted by Crippen LogP contribution is -2.13. The molecule has 0 saturated carbocycles. The molecule has 0 atom stereocenters. The minimum absolute atomic E-state index is 0.233. The normalized spacial score (nSPS) is 10.1. The van der Waals surface area contributed by atoms with Crippen molar-refractivity contribution in [2.45, 2.75) is 80.8 Å². The Morgan fingerprint density at radius 1 is 0.902 bits per heavy atom. The quantitative estimate of drug-likeness (QED) is 0.141. The Morgan fingerprint density at radius 3 is 1.88 bits per heavy atom. The van der Waals surface area contributed by atoms with Crippen molar-refractivity contribution in [3.05, 3.63) is 117 Å². The largest absolute Gasteiger partial charge is 0.385 e. The van der Waals surface area contributed by atoms with Gasteiger partial charge in [-0.1, -0.05) is 86.2 Å². The molecule has 2 rings (SSSR count). The molecule has 41 heavy (non-hydrogen) atoms. The molecule has 0 saturated heterocycles. The van der Waals surface area contributed by atoms with Crippen molar-refractivity contribution in [2.24, 2.45) is 4.99 Å². The SMILES string of the molecule is C#C.C=C(C)CCC(=C)NCc1ccc(CN/C(C)=C/Cc2ccccc2C)cc1.CC.CN=CC(SF)=C(C)C. The van der Waals surface area contributed by atoms with Crippen molar-refractivity contribution in [3.8, 4) is 12.8 Å². The van der Waals surface area contributed by atoms with Crippen molar-refractivity contribution < 1.29 is 3.89 Å². The van der Waals surface area contributed by atoms with Gasteiger partial charge >= 0.3 is 0 Å². The van der Waals surface area contributed by atoms with Gasteiger partial charge in [0, 0.05) is 37.7 Å². The Labute approximate surface area is 255 Å². The fourth-order valence-electron chi connectivity index (χ4n) is 3.21. The van der Waals surface area contributed by atoms with Gasteiger partial charge in [-0.25, -0.2) is 0 Å². The number of halogens is 1. The van der Waals surface area contributed by atoms with Crippen LogP contribution in [0.1, 0.15) is 76.6 Å². The molecule has 0 fully saturated rings. The molecule has 224 valence electrons. The third-order valence-electron chi connectivity index (χ3n) is 5.70. The maximum Gasteiger partial charge on any atom is 0.0827 e. The maximum atomic E-state index is 11.9. The van der Waals surface area contributed by atoms with Crippen LogP contribution in [-0.2, 0) is 19.5 Å². The molecule has 2 aromatic rings. The van der Waals surface area contributed by atoms with Gasteiger partial charge < -0.3 is 10.6 Å². The Morgan fingerprint density at radius 2 is 1.44 bits per heavy atom.